The van der Waals surface area contributed by atoms with Gasteiger partial charge in [-0.25, -0.2) is 0 Å². The van der Waals surface area contributed by atoms with Crippen molar-refractivity contribution in [1.82, 2.24) is 10.2 Å². The molecule has 92 valence electrons. The molecule has 0 atom stereocenters. The number of nitrogens with two attached hydrogens (primary N) is 2. The summed E-state index contributed by atoms with van der Waals surface area (Å²) in [5, 5.41) is 2.88. The Kier molecular flexibility index (Phi) is 6.09. The normalized spacial score (nSPS) is 10.2. The van der Waals surface area contributed by atoms with E-state index in [4.69, 9.17) is 11.5 Å². The van der Waals surface area contributed by atoms with Crippen LogP contribution in [0.1, 0.15) is 13.8 Å². The van der Waals surface area contributed by atoms with Crippen LogP contribution in [0.2, 0.25) is 0 Å². The van der Waals surface area contributed by atoms with E-state index in [1.54, 1.807) is 0 Å². The number of hydrogen-bond acceptors (Lipinski definition) is 4. The number of primary amides is 2. The fourth-order valence-electron chi connectivity index (χ4n) is 1.01. The van der Waals surface area contributed by atoms with Crippen LogP contribution in [-0.2, 0) is 14.4 Å². The van der Waals surface area contributed by atoms with Gasteiger partial charge in [-0.05, 0) is 0 Å². The highest BCUT2D eigenvalue weighted by Gasteiger charge is 2.17. The van der Waals surface area contributed by atoms with Gasteiger partial charge >= 0.3 is 0 Å². The molecular weight excluding hydrogens is 212 g/mol. The largest absolute Gasteiger partial charge is 0.368 e. The highest BCUT2D eigenvalue weighted by Crippen LogP contribution is 1.89. The zero-order valence-electron chi connectivity index (χ0n) is 9.53. The van der Waals surface area contributed by atoms with Gasteiger partial charge in [0.15, 0.2) is 0 Å². The molecule has 0 aromatic carbocycles. The molecule has 0 heterocycles. The highest BCUT2D eigenvalue weighted by molar-refractivity contribution is 5.88. The average Bonchev–Trinajstić information content (AvgIpc) is 2.11. The molecule has 0 fully saturated rings. The van der Waals surface area contributed by atoms with Crippen LogP contribution in [0.4, 0.5) is 0 Å². The zero-order valence-corrected chi connectivity index (χ0v) is 9.53. The van der Waals surface area contributed by atoms with Gasteiger partial charge in [-0.2, -0.15) is 0 Å². The first-order chi connectivity index (χ1) is 7.32. The second-order valence-electron chi connectivity index (χ2n) is 3.72. The van der Waals surface area contributed by atoms with E-state index in [1.165, 1.54) is 0 Å². The van der Waals surface area contributed by atoms with Crippen molar-refractivity contribution in [2.75, 3.05) is 19.6 Å². The van der Waals surface area contributed by atoms with Gasteiger partial charge in [0.1, 0.15) is 0 Å². The van der Waals surface area contributed by atoms with Gasteiger partial charge in [0.2, 0.25) is 17.7 Å². The maximum atomic E-state index is 11.6. The van der Waals surface area contributed by atoms with Crippen LogP contribution < -0.4 is 16.8 Å². The van der Waals surface area contributed by atoms with E-state index in [2.05, 4.69) is 5.32 Å². The van der Waals surface area contributed by atoms with Crippen LogP contribution in [0.5, 0.6) is 0 Å². The van der Waals surface area contributed by atoms with E-state index in [1.807, 2.05) is 13.8 Å². The Bertz CT molecular complexity index is 262. The van der Waals surface area contributed by atoms with E-state index in [0.717, 1.165) is 4.90 Å². The summed E-state index contributed by atoms with van der Waals surface area (Å²) in [5.74, 6) is -1.75. The van der Waals surface area contributed by atoms with Gasteiger partial charge in [-0.3, -0.25) is 14.4 Å². The molecule has 3 amide bonds. The number of hydrogen-bond donors (Lipinski definition) is 3. The van der Waals surface area contributed by atoms with Crippen LogP contribution >= 0.6 is 0 Å². The zero-order chi connectivity index (χ0) is 12.7. The van der Waals surface area contributed by atoms with Gasteiger partial charge in [0.25, 0.3) is 0 Å². The second-order valence-corrected chi connectivity index (χ2v) is 3.72. The first-order valence-electron chi connectivity index (χ1n) is 4.90. The molecule has 0 saturated carbocycles. The summed E-state index contributed by atoms with van der Waals surface area (Å²) in [6.07, 6.45) is 0. The molecule has 0 unspecified atom stereocenters. The van der Waals surface area contributed by atoms with Crippen molar-refractivity contribution in [3.05, 3.63) is 0 Å². The van der Waals surface area contributed by atoms with Gasteiger partial charge in [-0.1, -0.05) is 13.8 Å². The van der Waals surface area contributed by atoms with Crippen molar-refractivity contribution in [2.45, 2.75) is 19.9 Å². The molecule has 0 aromatic heterocycles. The molecular formula is C9H18N4O3. The Morgan fingerprint density at radius 1 is 1.12 bits per heavy atom. The highest BCUT2D eigenvalue weighted by atomic mass is 16.2. The Labute approximate surface area is 94.1 Å². The number of rotatable bonds is 7. The minimum atomic E-state index is -0.681. The van der Waals surface area contributed by atoms with E-state index in [-0.39, 0.29) is 31.6 Å². The number of carbonyl (C=O) groups excluding carboxylic acids is 3. The lowest BCUT2D eigenvalue weighted by Gasteiger charge is -2.20. The van der Waals surface area contributed by atoms with Crippen molar-refractivity contribution >= 4 is 17.7 Å². The third-order valence-electron chi connectivity index (χ3n) is 1.71. The lowest BCUT2D eigenvalue weighted by atomic mass is 10.3. The van der Waals surface area contributed by atoms with Crippen LogP contribution in [-0.4, -0.2) is 48.3 Å². The molecule has 16 heavy (non-hydrogen) atoms. The molecule has 0 rings (SSSR count). The molecule has 7 heteroatoms. The lowest BCUT2D eigenvalue weighted by Crippen LogP contribution is -2.47. The first-order valence-corrected chi connectivity index (χ1v) is 4.90. The smallest absolute Gasteiger partial charge is 0.237 e. The number of carbonyl (C=O) groups is 3. The molecule has 0 saturated heterocycles. The third kappa shape index (κ3) is 6.77. The number of amides is 3. The Morgan fingerprint density at radius 2 is 1.56 bits per heavy atom. The Morgan fingerprint density at radius 3 is 1.88 bits per heavy atom. The Hall–Kier alpha value is -1.63. The fourth-order valence-corrected chi connectivity index (χ4v) is 1.01. The van der Waals surface area contributed by atoms with Crippen molar-refractivity contribution in [3.8, 4) is 0 Å². The van der Waals surface area contributed by atoms with E-state index >= 15 is 0 Å². The predicted molar refractivity (Wildman–Crippen MR) is 58.1 cm³/mol. The van der Waals surface area contributed by atoms with E-state index in [0.29, 0.717) is 0 Å². The van der Waals surface area contributed by atoms with E-state index in [9.17, 15) is 14.4 Å². The molecule has 0 bridgehead atoms. The minimum absolute atomic E-state index is 0.0399. The van der Waals surface area contributed by atoms with Gasteiger partial charge in [0, 0.05) is 6.04 Å². The molecule has 0 aromatic rings. The summed E-state index contributed by atoms with van der Waals surface area (Å²) in [6.45, 7) is 3.18. The standard InChI is InChI=1S/C9H18N4O3/c1-6(2)12-3-9(16)13(4-7(10)14)5-8(11)15/h6,12H,3-5H2,1-2H3,(H2,10,14)(H2,11,15). The van der Waals surface area contributed by atoms with Crippen molar-refractivity contribution in [2.24, 2.45) is 11.5 Å². The summed E-state index contributed by atoms with van der Waals surface area (Å²) in [4.78, 5) is 34.0. The first kappa shape index (κ1) is 14.4. The monoisotopic (exact) mass is 230 g/mol. The summed E-state index contributed by atoms with van der Waals surface area (Å²) in [7, 11) is 0. The lowest BCUT2D eigenvalue weighted by molar-refractivity contribution is -0.137. The van der Waals surface area contributed by atoms with Crippen molar-refractivity contribution in [1.29, 1.82) is 0 Å². The molecule has 0 aliphatic rings. The van der Waals surface area contributed by atoms with Crippen LogP contribution in [0, 0.1) is 0 Å². The van der Waals surface area contributed by atoms with E-state index < -0.39 is 11.8 Å². The maximum absolute atomic E-state index is 11.6. The molecule has 5 N–H and O–H groups in total. The fraction of sp³-hybridized carbons (Fsp3) is 0.667. The molecule has 0 aliphatic heterocycles. The second kappa shape index (κ2) is 6.78. The topological polar surface area (TPSA) is 119 Å². The molecule has 0 radical (unpaired) electrons. The third-order valence-corrected chi connectivity index (χ3v) is 1.71. The van der Waals surface area contributed by atoms with Crippen molar-refractivity contribution in [3.63, 3.8) is 0 Å². The SMILES string of the molecule is CC(C)NCC(=O)N(CC(N)=O)CC(N)=O. The summed E-state index contributed by atoms with van der Waals surface area (Å²) < 4.78 is 0. The molecule has 7 nitrogen and oxygen atoms in total. The maximum Gasteiger partial charge on any atom is 0.237 e. The van der Waals surface area contributed by atoms with Gasteiger partial charge in [0.05, 0.1) is 19.6 Å². The number of nitrogens with zero attached hydrogens (tertiary/aromatic N) is 1. The quantitative estimate of drug-likeness (QED) is 0.459. The van der Waals surface area contributed by atoms with Crippen LogP contribution in [0.25, 0.3) is 0 Å². The van der Waals surface area contributed by atoms with Gasteiger partial charge < -0.3 is 21.7 Å². The summed E-state index contributed by atoms with van der Waals surface area (Å²) >= 11 is 0. The van der Waals surface area contributed by atoms with Crippen molar-refractivity contribution < 1.29 is 14.4 Å². The Balaban J connectivity index is 4.31. The van der Waals surface area contributed by atoms with Gasteiger partial charge in [-0.15, -0.1) is 0 Å². The van der Waals surface area contributed by atoms with Crippen LogP contribution in [0.15, 0.2) is 0 Å². The molecule has 0 spiro atoms. The summed E-state index contributed by atoms with van der Waals surface area (Å²) in [5.41, 5.74) is 9.91. The van der Waals surface area contributed by atoms with Crippen LogP contribution in [0.3, 0.4) is 0 Å². The summed E-state index contributed by atoms with van der Waals surface area (Å²) in [6, 6.07) is 0.132. The minimum Gasteiger partial charge on any atom is -0.368 e. The molecule has 0 aliphatic carbocycles. The predicted octanol–water partition coefficient (Wildman–Crippen LogP) is -2.22. The number of nitrogens with one attached hydrogen (secondary N) is 1. The average molecular weight is 230 g/mol.